The number of hydrogen-bond acceptors (Lipinski definition) is 6. The Hall–Kier alpha value is -1.53. The molecule has 3 N–H and O–H groups in total. The number of nitrogens with one attached hydrogen (secondary N) is 1. The van der Waals surface area contributed by atoms with Crippen LogP contribution in [0.15, 0.2) is 24.3 Å². The number of nitrogens with zero attached hydrogens (tertiary/aromatic N) is 3. The fraction of sp³-hybridized carbons (Fsp3) is 0.385. The van der Waals surface area contributed by atoms with Crippen LogP contribution < -0.4 is 16.2 Å². The van der Waals surface area contributed by atoms with Gasteiger partial charge in [0.2, 0.25) is 5.95 Å². The minimum Gasteiger partial charge on any atom is -0.355 e. The quantitative estimate of drug-likeness (QED) is 0.644. The van der Waals surface area contributed by atoms with Crippen molar-refractivity contribution in [3.8, 4) is 0 Å². The van der Waals surface area contributed by atoms with Gasteiger partial charge in [-0.05, 0) is 25.3 Å². The summed E-state index contributed by atoms with van der Waals surface area (Å²) in [7, 11) is 2.05. The number of thioether (sulfide) groups is 1. The second-order valence-electron chi connectivity index (χ2n) is 4.45. The molecule has 2 rings (SSSR count). The maximum absolute atomic E-state index is 5.45. The van der Waals surface area contributed by atoms with Gasteiger partial charge in [-0.15, -0.1) is 0 Å². The van der Waals surface area contributed by atoms with Crippen molar-refractivity contribution in [1.29, 1.82) is 0 Å². The topological polar surface area (TPSA) is 67.1 Å². The predicted molar refractivity (Wildman–Crippen MR) is 83.6 cm³/mol. The molecule has 0 aliphatic rings. The van der Waals surface area contributed by atoms with Crippen LogP contribution in [0.2, 0.25) is 0 Å². The van der Waals surface area contributed by atoms with Crippen LogP contribution >= 0.6 is 11.8 Å². The Morgan fingerprint density at radius 2 is 2.11 bits per heavy atom. The third kappa shape index (κ3) is 2.90. The Morgan fingerprint density at radius 1 is 1.37 bits per heavy atom. The molecule has 19 heavy (non-hydrogen) atoms. The molecule has 1 aromatic heterocycles. The molecule has 0 amide bonds. The third-order valence-corrected chi connectivity index (χ3v) is 3.93. The molecule has 0 aliphatic carbocycles. The average Bonchev–Trinajstić information content (AvgIpc) is 2.45. The van der Waals surface area contributed by atoms with Crippen LogP contribution in [-0.2, 0) is 0 Å². The highest BCUT2D eigenvalue weighted by molar-refractivity contribution is 7.98. The van der Waals surface area contributed by atoms with E-state index in [1.807, 2.05) is 36.0 Å². The van der Waals surface area contributed by atoms with E-state index in [4.69, 9.17) is 5.84 Å². The highest BCUT2D eigenvalue weighted by atomic mass is 32.2. The first kappa shape index (κ1) is 13.9. The molecule has 0 radical (unpaired) electrons. The smallest absolute Gasteiger partial charge is 0.239 e. The molecule has 0 spiro atoms. The zero-order valence-corrected chi connectivity index (χ0v) is 12.2. The van der Waals surface area contributed by atoms with Crippen LogP contribution in [0, 0.1) is 0 Å². The van der Waals surface area contributed by atoms with Gasteiger partial charge in [-0.2, -0.15) is 16.7 Å². The van der Waals surface area contributed by atoms with Crippen molar-refractivity contribution >= 4 is 34.4 Å². The Morgan fingerprint density at radius 3 is 2.79 bits per heavy atom. The Kier molecular flexibility index (Phi) is 4.44. The number of hydrazine groups is 1. The SMILES string of the molecule is CSCC(C)N(C)c1nc(NN)nc2ccccc12. The molecule has 102 valence electrons. The third-order valence-electron chi connectivity index (χ3n) is 3.12. The standard InChI is InChI=1S/C13H19N5S/c1-9(8-19-3)18(2)12-10-6-4-5-7-11(10)15-13(16-12)17-14/h4-7,9H,8,14H2,1-3H3,(H,15,16,17). The molecule has 0 saturated carbocycles. The van der Waals surface area contributed by atoms with Gasteiger partial charge in [-0.1, -0.05) is 12.1 Å². The summed E-state index contributed by atoms with van der Waals surface area (Å²) in [6, 6.07) is 8.35. The minimum atomic E-state index is 0.388. The van der Waals surface area contributed by atoms with Gasteiger partial charge in [0.1, 0.15) is 5.82 Å². The van der Waals surface area contributed by atoms with Crippen molar-refractivity contribution in [3.63, 3.8) is 0 Å². The van der Waals surface area contributed by atoms with Crippen molar-refractivity contribution < 1.29 is 0 Å². The molecule has 6 heteroatoms. The first-order valence-corrected chi connectivity index (χ1v) is 7.52. The molecule has 5 nitrogen and oxygen atoms in total. The zero-order chi connectivity index (χ0) is 13.8. The van der Waals surface area contributed by atoms with E-state index in [1.165, 1.54) is 0 Å². The summed E-state index contributed by atoms with van der Waals surface area (Å²) in [5, 5.41) is 1.04. The lowest BCUT2D eigenvalue weighted by Crippen LogP contribution is -2.32. The van der Waals surface area contributed by atoms with Gasteiger partial charge in [-0.25, -0.2) is 10.8 Å². The van der Waals surface area contributed by atoms with Crippen molar-refractivity contribution in [3.05, 3.63) is 24.3 Å². The molecular formula is C13H19N5S. The van der Waals surface area contributed by atoms with E-state index in [9.17, 15) is 0 Å². The van der Waals surface area contributed by atoms with Gasteiger partial charge in [0.05, 0.1) is 5.52 Å². The van der Waals surface area contributed by atoms with E-state index in [2.05, 4.69) is 40.5 Å². The highest BCUT2D eigenvalue weighted by Gasteiger charge is 2.15. The fourth-order valence-electron chi connectivity index (χ4n) is 1.96. The number of nitrogen functional groups attached to an aromatic ring is 1. The summed E-state index contributed by atoms with van der Waals surface area (Å²) < 4.78 is 0. The summed E-state index contributed by atoms with van der Waals surface area (Å²) in [6.07, 6.45) is 2.11. The van der Waals surface area contributed by atoms with E-state index < -0.39 is 0 Å². The van der Waals surface area contributed by atoms with E-state index in [0.717, 1.165) is 22.5 Å². The van der Waals surface area contributed by atoms with Crippen molar-refractivity contribution in [2.24, 2.45) is 5.84 Å². The van der Waals surface area contributed by atoms with Crippen molar-refractivity contribution in [2.45, 2.75) is 13.0 Å². The summed E-state index contributed by atoms with van der Waals surface area (Å²) in [4.78, 5) is 11.0. The zero-order valence-electron chi connectivity index (χ0n) is 11.4. The van der Waals surface area contributed by atoms with Gasteiger partial charge in [0.25, 0.3) is 0 Å². The number of fused-ring (bicyclic) bond motifs is 1. The molecule has 0 fully saturated rings. The van der Waals surface area contributed by atoms with E-state index in [-0.39, 0.29) is 0 Å². The van der Waals surface area contributed by atoms with Crippen LogP contribution in [0.1, 0.15) is 6.92 Å². The number of para-hydroxylation sites is 1. The van der Waals surface area contributed by atoms with Gasteiger partial charge in [0.15, 0.2) is 0 Å². The molecule has 0 aliphatic heterocycles. The largest absolute Gasteiger partial charge is 0.355 e. The van der Waals surface area contributed by atoms with Crippen LogP contribution in [0.3, 0.4) is 0 Å². The molecule has 2 aromatic rings. The van der Waals surface area contributed by atoms with Gasteiger partial charge in [-0.3, -0.25) is 5.43 Å². The average molecular weight is 277 g/mol. The lowest BCUT2D eigenvalue weighted by Gasteiger charge is -2.26. The molecule has 1 heterocycles. The van der Waals surface area contributed by atoms with Crippen LogP contribution in [0.5, 0.6) is 0 Å². The van der Waals surface area contributed by atoms with Gasteiger partial charge in [0, 0.05) is 24.2 Å². The van der Waals surface area contributed by atoms with E-state index >= 15 is 0 Å². The first-order valence-electron chi connectivity index (χ1n) is 6.12. The number of benzene rings is 1. The number of rotatable bonds is 5. The minimum absolute atomic E-state index is 0.388. The number of aromatic nitrogens is 2. The Labute approximate surface area is 117 Å². The lowest BCUT2D eigenvalue weighted by atomic mass is 10.2. The monoisotopic (exact) mass is 277 g/mol. The highest BCUT2D eigenvalue weighted by Crippen LogP contribution is 2.26. The van der Waals surface area contributed by atoms with E-state index in [0.29, 0.717) is 12.0 Å². The van der Waals surface area contributed by atoms with Crippen LogP contribution in [-0.4, -0.2) is 35.1 Å². The lowest BCUT2D eigenvalue weighted by molar-refractivity contribution is 0.756. The number of anilines is 2. The molecule has 0 bridgehead atoms. The molecule has 1 aromatic carbocycles. The van der Waals surface area contributed by atoms with Crippen molar-refractivity contribution in [2.75, 3.05) is 29.4 Å². The number of hydrogen-bond donors (Lipinski definition) is 2. The molecule has 1 atom stereocenters. The van der Waals surface area contributed by atoms with Gasteiger partial charge < -0.3 is 4.90 Å². The van der Waals surface area contributed by atoms with Gasteiger partial charge >= 0.3 is 0 Å². The normalized spacial score (nSPS) is 12.4. The molecule has 0 saturated heterocycles. The maximum atomic E-state index is 5.45. The maximum Gasteiger partial charge on any atom is 0.239 e. The summed E-state index contributed by atoms with van der Waals surface area (Å²) in [5.41, 5.74) is 3.42. The Bertz CT molecular complexity index is 560. The second-order valence-corrected chi connectivity index (χ2v) is 5.36. The van der Waals surface area contributed by atoms with Crippen LogP contribution in [0.25, 0.3) is 10.9 Å². The summed E-state index contributed by atoms with van der Waals surface area (Å²) in [5.74, 6) is 7.83. The molecule has 1 unspecified atom stereocenters. The van der Waals surface area contributed by atoms with Crippen molar-refractivity contribution in [1.82, 2.24) is 9.97 Å². The molecular weight excluding hydrogens is 258 g/mol. The summed E-state index contributed by atoms with van der Waals surface area (Å²) in [6.45, 7) is 2.18. The number of nitrogens with two attached hydrogens (primary N) is 1. The second kappa shape index (κ2) is 6.08. The fourth-order valence-corrected chi connectivity index (χ4v) is 2.66. The predicted octanol–water partition coefficient (Wildman–Crippen LogP) is 2.10. The first-order chi connectivity index (χ1) is 9.17. The van der Waals surface area contributed by atoms with E-state index in [1.54, 1.807) is 0 Å². The Balaban J connectivity index is 2.51. The summed E-state index contributed by atoms with van der Waals surface area (Å²) >= 11 is 1.82. The van der Waals surface area contributed by atoms with Crippen LogP contribution in [0.4, 0.5) is 11.8 Å².